The molecule has 1 unspecified atom stereocenters. The topological polar surface area (TPSA) is 81.4 Å². The van der Waals surface area contributed by atoms with Crippen LogP contribution in [0.3, 0.4) is 0 Å². The van der Waals surface area contributed by atoms with Gasteiger partial charge >= 0.3 is 0 Å². The van der Waals surface area contributed by atoms with E-state index in [0.29, 0.717) is 13.0 Å². The van der Waals surface area contributed by atoms with Crippen molar-refractivity contribution in [1.82, 2.24) is 4.31 Å². The summed E-state index contributed by atoms with van der Waals surface area (Å²) in [5, 5.41) is 18.3. The molecule has 1 saturated heterocycles. The molecule has 0 spiro atoms. The van der Waals surface area contributed by atoms with Gasteiger partial charge in [0.2, 0.25) is 10.0 Å². The molecule has 1 aromatic rings. The number of nitriles is 1. The van der Waals surface area contributed by atoms with Crippen molar-refractivity contribution in [3.05, 3.63) is 29.8 Å². The highest BCUT2D eigenvalue weighted by molar-refractivity contribution is 7.89. The van der Waals surface area contributed by atoms with Crippen molar-refractivity contribution < 1.29 is 13.5 Å². The van der Waals surface area contributed by atoms with Crippen molar-refractivity contribution in [2.45, 2.75) is 17.4 Å². The third-order valence-electron chi connectivity index (χ3n) is 2.75. The largest absolute Gasteiger partial charge is 0.392 e. The molecule has 1 aromatic carbocycles. The average molecular weight is 252 g/mol. The maximum Gasteiger partial charge on any atom is 0.244 e. The Bertz CT molecular complexity index is 562. The molecule has 0 aliphatic carbocycles. The molecule has 0 aromatic heterocycles. The first kappa shape index (κ1) is 12.0. The van der Waals surface area contributed by atoms with Gasteiger partial charge in [-0.15, -0.1) is 0 Å². The fourth-order valence-electron chi connectivity index (χ4n) is 1.85. The molecule has 1 heterocycles. The first-order valence-corrected chi connectivity index (χ1v) is 6.67. The van der Waals surface area contributed by atoms with E-state index >= 15 is 0 Å². The van der Waals surface area contributed by atoms with Crippen molar-refractivity contribution in [1.29, 1.82) is 5.26 Å². The van der Waals surface area contributed by atoms with Gasteiger partial charge in [0.05, 0.1) is 16.6 Å². The number of aliphatic hydroxyl groups excluding tert-OH is 1. The first-order valence-electron chi connectivity index (χ1n) is 5.23. The Balaban J connectivity index is 2.42. The summed E-state index contributed by atoms with van der Waals surface area (Å²) in [5.74, 6) is 0. The second kappa shape index (κ2) is 4.45. The summed E-state index contributed by atoms with van der Waals surface area (Å²) < 4.78 is 25.7. The number of aliphatic hydroxyl groups is 1. The van der Waals surface area contributed by atoms with Crippen LogP contribution in [0.15, 0.2) is 29.2 Å². The minimum Gasteiger partial charge on any atom is -0.392 e. The van der Waals surface area contributed by atoms with Gasteiger partial charge in [-0.25, -0.2) is 8.42 Å². The molecule has 1 fully saturated rings. The minimum absolute atomic E-state index is 0.0107. The third-order valence-corrected chi connectivity index (χ3v) is 4.67. The standard InChI is InChI=1S/C11H12N2O3S/c12-7-9-3-1-2-4-11(9)17(15,16)13-6-5-10(14)8-13/h1-4,10,14H,5-6,8H2. The van der Waals surface area contributed by atoms with E-state index in [9.17, 15) is 13.5 Å². The van der Waals surface area contributed by atoms with Crippen LogP contribution in [-0.4, -0.2) is 37.0 Å². The van der Waals surface area contributed by atoms with Crippen molar-refractivity contribution >= 4 is 10.0 Å². The fraction of sp³-hybridized carbons (Fsp3) is 0.364. The molecule has 5 nitrogen and oxygen atoms in total. The molecule has 0 saturated carbocycles. The molecule has 6 heteroatoms. The lowest BCUT2D eigenvalue weighted by Crippen LogP contribution is -2.30. The first-order chi connectivity index (χ1) is 8.05. The molecule has 0 bridgehead atoms. The van der Waals surface area contributed by atoms with Crippen LogP contribution in [0.4, 0.5) is 0 Å². The molecule has 2 rings (SSSR count). The van der Waals surface area contributed by atoms with E-state index in [4.69, 9.17) is 5.26 Å². The van der Waals surface area contributed by atoms with E-state index in [1.54, 1.807) is 12.1 Å². The lowest BCUT2D eigenvalue weighted by atomic mass is 10.2. The van der Waals surface area contributed by atoms with Crippen molar-refractivity contribution in [2.24, 2.45) is 0 Å². The van der Waals surface area contributed by atoms with Gasteiger partial charge in [-0.3, -0.25) is 0 Å². The van der Waals surface area contributed by atoms with Crippen LogP contribution in [0, 0.1) is 11.3 Å². The Hall–Kier alpha value is -1.42. The molecule has 1 aliphatic heterocycles. The monoisotopic (exact) mass is 252 g/mol. The maximum absolute atomic E-state index is 12.2. The zero-order chi connectivity index (χ0) is 12.5. The van der Waals surface area contributed by atoms with Gasteiger partial charge in [-0.05, 0) is 18.6 Å². The molecule has 17 heavy (non-hydrogen) atoms. The van der Waals surface area contributed by atoms with Gasteiger partial charge in [0, 0.05) is 13.1 Å². The van der Waals surface area contributed by atoms with E-state index in [-0.39, 0.29) is 17.0 Å². The third kappa shape index (κ3) is 2.17. The van der Waals surface area contributed by atoms with Crippen LogP contribution in [0.1, 0.15) is 12.0 Å². The lowest BCUT2D eigenvalue weighted by molar-refractivity contribution is 0.189. The number of sulfonamides is 1. The summed E-state index contributed by atoms with van der Waals surface area (Å²) >= 11 is 0. The molecular formula is C11H12N2O3S. The van der Waals surface area contributed by atoms with E-state index < -0.39 is 16.1 Å². The smallest absolute Gasteiger partial charge is 0.244 e. The Morgan fingerprint density at radius 1 is 1.41 bits per heavy atom. The number of rotatable bonds is 2. The summed E-state index contributed by atoms with van der Waals surface area (Å²) in [7, 11) is -3.66. The fourth-order valence-corrected chi connectivity index (χ4v) is 3.49. The van der Waals surface area contributed by atoms with E-state index in [1.165, 1.54) is 16.4 Å². The number of hydrogen-bond donors (Lipinski definition) is 1. The Morgan fingerprint density at radius 3 is 2.71 bits per heavy atom. The van der Waals surface area contributed by atoms with Crippen LogP contribution in [0.2, 0.25) is 0 Å². The molecule has 90 valence electrons. The van der Waals surface area contributed by atoms with E-state index in [2.05, 4.69) is 0 Å². The quantitative estimate of drug-likeness (QED) is 0.821. The Morgan fingerprint density at radius 2 is 2.12 bits per heavy atom. The predicted octanol–water partition coefficient (Wildman–Crippen LogP) is 0.314. The summed E-state index contributed by atoms with van der Waals surface area (Å²) in [6, 6.07) is 7.96. The van der Waals surface area contributed by atoms with Crippen molar-refractivity contribution in [3.8, 4) is 6.07 Å². The molecule has 1 N–H and O–H groups in total. The van der Waals surface area contributed by atoms with Gasteiger partial charge in [0.15, 0.2) is 0 Å². The SMILES string of the molecule is N#Cc1ccccc1S(=O)(=O)N1CCC(O)C1. The average Bonchev–Trinajstić information content (AvgIpc) is 2.76. The van der Waals surface area contributed by atoms with Gasteiger partial charge < -0.3 is 5.11 Å². The van der Waals surface area contributed by atoms with Crippen LogP contribution in [-0.2, 0) is 10.0 Å². The lowest BCUT2D eigenvalue weighted by Gasteiger charge is -2.16. The summed E-state index contributed by atoms with van der Waals surface area (Å²) in [4.78, 5) is 0.0107. The van der Waals surface area contributed by atoms with E-state index in [0.717, 1.165) is 0 Å². The summed E-state index contributed by atoms with van der Waals surface area (Å²) in [6.45, 7) is 0.394. The second-order valence-electron chi connectivity index (χ2n) is 3.91. The van der Waals surface area contributed by atoms with Crippen LogP contribution in [0.25, 0.3) is 0 Å². The van der Waals surface area contributed by atoms with Crippen molar-refractivity contribution in [2.75, 3.05) is 13.1 Å². The zero-order valence-electron chi connectivity index (χ0n) is 9.07. The Kier molecular flexibility index (Phi) is 3.15. The van der Waals surface area contributed by atoms with Gasteiger partial charge in [0.1, 0.15) is 6.07 Å². The maximum atomic E-state index is 12.2. The molecule has 1 atom stereocenters. The summed E-state index contributed by atoms with van der Waals surface area (Å²) in [5.41, 5.74) is 0.133. The van der Waals surface area contributed by atoms with Gasteiger partial charge in [-0.2, -0.15) is 9.57 Å². The number of hydrogen-bond acceptors (Lipinski definition) is 4. The molecule has 1 aliphatic rings. The predicted molar refractivity (Wildman–Crippen MR) is 60.5 cm³/mol. The number of benzene rings is 1. The highest BCUT2D eigenvalue weighted by atomic mass is 32.2. The molecule has 0 amide bonds. The second-order valence-corrected chi connectivity index (χ2v) is 5.82. The summed E-state index contributed by atoms with van der Waals surface area (Å²) in [6.07, 6.45) is -0.174. The molecule has 0 radical (unpaired) electrons. The highest BCUT2D eigenvalue weighted by Crippen LogP contribution is 2.23. The highest BCUT2D eigenvalue weighted by Gasteiger charge is 2.32. The van der Waals surface area contributed by atoms with Crippen LogP contribution < -0.4 is 0 Å². The number of nitrogens with zero attached hydrogens (tertiary/aromatic N) is 2. The van der Waals surface area contributed by atoms with Crippen LogP contribution >= 0.6 is 0 Å². The molecular weight excluding hydrogens is 240 g/mol. The minimum atomic E-state index is -3.66. The van der Waals surface area contributed by atoms with E-state index in [1.807, 2.05) is 6.07 Å². The Labute approximate surface area is 100.0 Å². The zero-order valence-corrected chi connectivity index (χ0v) is 9.89. The normalized spacial score (nSPS) is 21.3. The van der Waals surface area contributed by atoms with Crippen LogP contribution in [0.5, 0.6) is 0 Å². The number of β-amino-alcohol motifs (C(OH)–C–C–N with tert-alkyl or cyclic N) is 1. The van der Waals surface area contributed by atoms with Gasteiger partial charge in [-0.1, -0.05) is 12.1 Å². The van der Waals surface area contributed by atoms with Gasteiger partial charge in [0.25, 0.3) is 0 Å². The van der Waals surface area contributed by atoms with Crippen molar-refractivity contribution in [3.63, 3.8) is 0 Å².